The van der Waals surface area contributed by atoms with E-state index in [-0.39, 0.29) is 18.4 Å². The van der Waals surface area contributed by atoms with Gasteiger partial charge in [0.15, 0.2) is 0 Å². The molecule has 0 atom stereocenters. The fourth-order valence-electron chi connectivity index (χ4n) is 3.50. The van der Waals surface area contributed by atoms with Gasteiger partial charge in [0.25, 0.3) is 11.8 Å². The maximum Gasteiger partial charge on any atom is 0.261 e. The van der Waals surface area contributed by atoms with Crippen LogP contribution in [0.5, 0.6) is 11.5 Å². The molecule has 0 unspecified atom stereocenters. The summed E-state index contributed by atoms with van der Waals surface area (Å²) in [4.78, 5) is 27.7. The maximum atomic E-state index is 13.4. The Hall–Kier alpha value is -3.86. The Labute approximate surface area is 175 Å². The van der Waals surface area contributed by atoms with Crippen molar-refractivity contribution in [2.45, 2.75) is 6.54 Å². The van der Waals surface area contributed by atoms with E-state index in [2.05, 4.69) is 0 Å². The van der Waals surface area contributed by atoms with Crippen LogP contribution in [0.4, 0.5) is 0 Å². The third kappa shape index (κ3) is 3.70. The van der Waals surface area contributed by atoms with E-state index >= 15 is 0 Å². The number of hydrogen-bond acceptors (Lipinski definition) is 4. The lowest BCUT2D eigenvalue weighted by atomic mass is 9.91. The zero-order valence-electron chi connectivity index (χ0n) is 16.8. The van der Waals surface area contributed by atoms with Crippen molar-refractivity contribution in [2.75, 3.05) is 14.2 Å². The summed E-state index contributed by atoms with van der Waals surface area (Å²) in [6.45, 7) is 0.186. The molecule has 2 amide bonds. The summed E-state index contributed by atoms with van der Waals surface area (Å²) in [6, 6.07) is 22.0. The van der Waals surface area contributed by atoms with Gasteiger partial charge in [0.1, 0.15) is 11.5 Å². The predicted molar refractivity (Wildman–Crippen MR) is 115 cm³/mol. The van der Waals surface area contributed by atoms with E-state index in [1.54, 1.807) is 32.4 Å². The monoisotopic (exact) mass is 399 g/mol. The molecule has 0 aliphatic carbocycles. The molecule has 0 aromatic heterocycles. The summed E-state index contributed by atoms with van der Waals surface area (Å²) in [5.41, 5.74) is 3.30. The number of fused-ring (bicyclic) bond motifs is 1. The minimum absolute atomic E-state index is 0.186. The van der Waals surface area contributed by atoms with Crippen molar-refractivity contribution in [2.24, 2.45) is 0 Å². The summed E-state index contributed by atoms with van der Waals surface area (Å²) in [5, 5.41) is 0. The van der Waals surface area contributed by atoms with Crippen LogP contribution in [0.15, 0.2) is 72.8 Å². The molecule has 150 valence electrons. The fraction of sp³-hybridized carbons (Fsp3) is 0.120. The number of carbonyl (C=O) groups excluding carboxylic acids is 2. The largest absolute Gasteiger partial charge is 0.497 e. The van der Waals surface area contributed by atoms with Crippen molar-refractivity contribution < 1.29 is 19.1 Å². The Bertz CT molecular complexity index is 1130. The number of ether oxygens (including phenoxy) is 2. The summed E-state index contributed by atoms with van der Waals surface area (Å²) < 4.78 is 10.5. The molecule has 1 aliphatic rings. The minimum Gasteiger partial charge on any atom is -0.497 e. The van der Waals surface area contributed by atoms with Gasteiger partial charge in [-0.05, 0) is 53.1 Å². The second kappa shape index (κ2) is 8.25. The van der Waals surface area contributed by atoms with Crippen molar-refractivity contribution in [1.82, 2.24) is 4.90 Å². The second-order valence-electron chi connectivity index (χ2n) is 6.92. The number of nitrogens with zero attached hydrogens (tertiary/aromatic N) is 1. The van der Waals surface area contributed by atoms with Crippen LogP contribution in [-0.2, 0) is 11.3 Å². The van der Waals surface area contributed by atoms with Gasteiger partial charge in [0.05, 0.1) is 20.8 Å². The molecule has 0 fully saturated rings. The van der Waals surface area contributed by atoms with Crippen molar-refractivity contribution in [1.29, 1.82) is 0 Å². The molecule has 0 saturated heterocycles. The van der Waals surface area contributed by atoms with Crippen LogP contribution in [0.1, 0.15) is 27.0 Å². The van der Waals surface area contributed by atoms with Gasteiger partial charge < -0.3 is 9.47 Å². The Morgan fingerprint density at radius 2 is 1.47 bits per heavy atom. The molecule has 4 rings (SSSR count). The lowest BCUT2D eigenvalue weighted by Gasteiger charge is -2.29. The topological polar surface area (TPSA) is 55.8 Å². The molecule has 0 bridgehead atoms. The van der Waals surface area contributed by atoms with Crippen molar-refractivity contribution in [3.8, 4) is 11.5 Å². The summed E-state index contributed by atoms with van der Waals surface area (Å²) >= 11 is 0. The van der Waals surface area contributed by atoms with Crippen molar-refractivity contribution in [3.05, 3.63) is 95.1 Å². The van der Waals surface area contributed by atoms with E-state index in [4.69, 9.17) is 9.47 Å². The smallest absolute Gasteiger partial charge is 0.261 e. The molecule has 30 heavy (non-hydrogen) atoms. The van der Waals surface area contributed by atoms with E-state index in [0.717, 1.165) is 16.9 Å². The SMILES string of the molecule is COc1ccc(CN2C(=O)/C(=C\c3cccc(OC)c3)c3ccccc3C2=O)cc1. The van der Waals surface area contributed by atoms with Crippen LogP contribution in [0, 0.1) is 0 Å². The van der Waals surface area contributed by atoms with Crippen LogP contribution >= 0.6 is 0 Å². The van der Waals surface area contributed by atoms with E-state index in [0.29, 0.717) is 22.4 Å². The number of carbonyl (C=O) groups is 2. The lowest BCUT2D eigenvalue weighted by Crippen LogP contribution is -2.41. The highest BCUT2D eigenvalue weighted by Gasteiger charge is 2.34. The van der Waals surface area contributed by atoms with Gasteiger partial charge in [0, 0.05) is 11.1 Å². The number of hydrogen-bond donors (Lipinski definition) is 0. The summed E-state index contributed by atoms with van der Waals surface area (Å²) in [6.07, 6.45) is 1.80. The molecule has 1 heterocycles. The molecule has 0 spiro atoms. The Balaban J connectivity index is 1.75. The highest BCUT2D eigenvalue weighted by molar-refractivity contribution is 6.33. The second-order valence-corrected chi connectivity index (χ2v) is 6.92. The van der Waals surface area contributed by atoms with Crippen LogP contribution in [0.25, 0.3) is 11.6 Å². The standard InChI is InChI=1S/C25H21NO4/c1-29-19-12-10-17(11-13-19)16-26-24(27)22-9-4-3-8-21(22)23(25(26)28)15-18-6-5-7-20(14-18)30-2/h3-15H,16H2,1-2H3/b23-15-. The Morgan fingerprint density at radius 1 is 0.767 bits per heavy atom. The Kier molecular flexibility index (Phi) is 5.35. The Morgan fingerprint density at radius 3 is 2.17 bits per heavy atom. The highest BCUT2D eigenvalue weighted by atomic mass is 16.5. The van der Waals surface area contributed by atoms with Crippen LogP contribution in [0.3, 0.4) is 0 Å². The first-order chi connectivity index (χ1) is 14.6. The molecular weight excluding hydrogens is 378 g/mol. The third-order valence-corrected chi connectivity index (χ3v) is 5.07. The zero-order chi connectivity index (χ0) is 21.1. The normalized spacial score (nSPS) is 14.6. The third-order valence-electron chi connectivity index (χ3n) is 5.07. The van der Waals surface area contributed by atoms with E-state index in [9.17, 15) is 9.59 Å². The van der Waals surface area contributed by atoms with Crippen LogP contribution < -0.4 is 9.47 Å². The molecule has 0 saturated carbocycles. The molecule has 0 N–H and O–H groups in total. The molecule has 3 aromatic carbocycles. The van der Waals surface area contributed by atoms with Gasteiger partial charge in [0.2, 0.25) is 0 Å². The van der Waals surface area contributed by atoms with Gasteiger partial charge in [-0.2, -0.15) is 0 Å². The fourth-order valence-corrected chi connectivity index (χ4v) is 3.50. The first kappa shape index (κ1) is 19.5. The first-order valence-corrected chi connectivity index (χ1v) is 9.55. The number of rotatable bonds is 5. The molecule has 5 nitrogen and oxygen atoms in total. The van der Waals surface area contributed by atoms with E-state index < -0.39 is 0 Å². The van der Waals surface area contributed by atoms with Crippen molar-refractivity contribution in [3.63, 3.8) is 0 Å². The van der Waals surface area contributed by atoms with Crippen LogP contribution in [-0.4, -0.2) is 30.9 Å². The molecule has 3 aromatic rings. The van der Waals surface area contributed by atoms with Gasteiger partial charge in [-0.1, -0.05) is 42.5 Å². The number of amides is 2. The first-order valence-electron chi connectivity index (χ1n) is 9.55. The summed E-state index contributed by atoms with van der Waals surface area (Å²) in [7, 11) is 3.20. The molecule has 5 heteroatoms. The maximum absolute atomic E-state index is 13.4. The highest BCUT2D eigenvalue weighted by Crippen LogP contribution is 2.32. The predicted octanol–water partition coefficient (Wildman–Crippen LogP) is 4.43. The number of imide groups is 1. The van der Waals surface area contributed by atoms with Gasteiger partial charge in [-0.3, -0.25) is 14.5 Å². The number of benzene rings is 3. The van der Waals surface area contributed by atoms with Gasteiger partial charge >= 0.3 is 0 Å². The molecular formula is C25H21NO4. The average Bonchev–Trinajstić information content (AvgIpc) is 2.80. The summed E-state index contributed by atoms with van der Waals surface area (Å²) in [5.74, 6) is 0.803. The average molecular weight is 399 g/mol. The number of methoxy groups -OCH3 is 2. The molecule has 1 aliphatic heterocycles. The van der Waals surface area contributed by atoms with Crippen molar-refractivity contribution >= 4 is 23.5 Å². The quantitative estimate of drug-likeness (QED) is 0.471. The van der Waals surface area contributed by atoms with Gasteiger partial charge in [-0.15, -0.1) is 0 Å². The molecule has 0 radical (unpaired) electrons. The van der Waals surface area contributed by atoms with E-state index in [1.807, 2.05) is 60.7 Å². The van der Waals surface area contributed by atoms with Gasteiger partial charge in [-0.25, -0.2) is 0 Å². The van der Waals surface area contributed by atoms with E-state index in [1.165, 1.54) is 4.90 Å². The lowest BCUT2D eigenvalue weighted by molar-refractivity contribution is -0.123. The van der Waals surface area contributed by atoms with Crippen LogP contribution in [0.2, 0.25) is 0 Å². The minimum atomic E-state index is -0.322. The zero-order valence-corrected chi connectivity index (χ0v) is 16.8.